The summed E-state index contributed by atoms with van der Waals surface area (Å²) < 4.78 is 6.24. The lowest BCUT2D eigenvalue weighted by atomic mass is 9.77. The largest absolute Gasteiger partial charge is 0.462 e. The van der Waals surface area contributed by atoms with E-state index in [2.05, 4.69) is 36.1 Å². The van der Waals surface area contributed by atoms with Gasteiger partial charge in [-0.2, -0.15) is 9.61 Å². The third-order valence-corrected chi connectivity index (χ3v) is 5.88. The van der Waals surface area contributed by atoms with E-state index < -0.39 is 5.97 Å². The molecule has 28 heavy (non-hydrogen) atoms. The van der Waals surface area contributed by atoms with Gasteiger partial charge in [-0.1, -0.05) is 44.5 Å². The van der Waals surface area contributed by atoms with Gasteiger partial charge in [0.05, 0.1) is 18.5 Å². The van der Waals surface area contributed by atoms with E-state index >= 15 is 0 Å². The summed E-state index contributed by atoms with van der Waals surface area (Å²) in [4.78, 5) is 27.8. The van der Waals surface area contributed by atoms with Gasteiger partial charge in [0.15, 0.2) is 5.65 Å². The number of benzene rings is 1. The van der Waals surface area contributed by atoms with Crippen LogP contribution < -0.4 is 5.56 Å². The summed E-state index contributed by atoms with van der Waals surface area (Å²) in [5, 5.41) is 4.01. The van der Waals surface area contributed by atoms with Crippen LogP contribution in [0.4, 0.5) is 0 Å². The quantitative estimate of drug-likeness (QED) is 0.691. The minimum absolute atomic E-state index is 0.255. The summed E-state index contributed by atoms with van der Waals surface area (Å²) in [5.74, 6) is 0.0671. The molecule has 146 valence electrons. The Morgan fingerprint density at radius 1 is 1.32 bits per heavy atom. The molecule has 0 saturated heterocycles. The fourth-order valence-corrected chi connectivity index (χ4v) is 4.34. The molecule has 0 aliphatic heterocycles. The van der Waals surface area contributed by atoms with Crippen molar-refractivity contribution in [1.29, 1.82) is 0 Å². The predicted molar refractivity (Wildman–Crippen MR) is 108 cm³/mol. The van der Waals surface area contributed by atoms with Crippen molar-refractivity contribution in [1.82, 2.24) is 14.6 Å². The lowest BCUT2D eigenvalue weighted by Crippen LogP contribution is -2.16. The molecular weight excluding hydrogens is 354 g/mol. The average molecular weight is 379 g/mol. The summed E-state index contributed by atoms with van der Waals surface area (Å²) in [7, 11) is 0. The third kappa shape index (κ3) is 3.13. The first-order valence-corrected chi connectivity index (χ1v) is 9.79. The van der Waals surface area contributed by atoms with Crippen LogP contribution >= 0.6 is 0 Å². The maximum atomic E-state index is 12.5. The van der Waals surface area contributed by atoms with Crippen molar-refractivity contribution in [3.63, 3.8) is 0 Å². The first kappa shape index (κ1) is 18.5. The molecule has 0 spiro atoms. The molecule has 0 unspecified atom stereocenters. The fraction of sp³-hybridized carbons (Fsp3) is 0.409. The highest BCUT2D eigenvalue weighted by Crippen LogP contribution is 2.48. The molecule has 2 heterocycles. The van der Waals surface area contributed by atoms with Crippen molar-refractivity contribution < 1.29 is 9.53 Å². The molecule has 4 rings (SSSR count). The zero-order valence-corrected chi connectivity index (χ0v) is 16.5. The van der Waals surface area contributed by atoms with Gasteiger partial charge in [-0.15, -0.1) is 0 Å². The Bertz CT molecular complexity index is 1080. The second kappa shape index (κ2) is 6.93. The van der Waals surface area contributed by atoms with E-state index in [1.165, 1.54) is 41.6 Å². The molecule has 6 nitrogen and oxygen atoms in total. The molecule has 3 aromatic rings. The number of nitrogens with one attached hydrogen (secondary N) is 1. The number of esters is 1. The maximum Gasteiger partial charge on any atom is 0.343 e. The van der Waals surface area contributed by atoms with E-state index in [0.29, 0.717) is 22.7 Å². The van der Waals surface area contributed by atoms with Gasteiger partial charge in [0.25, 0.3) is 5.56 Å². The Morgan fingerprint density at radius 3 is 2.71 bits per heavy atom. The second-order valence-corrected chi connectivity index (χ2v) is 8.12. The van der Waals surface area contributed by atoms with Crippen molar-refractivity contribution >= 4 is 11.6 Å². The number of carbonyl (C=O) groups is 1. The molecule has 1 N–H and O–H groups in total. The Balaban J connectivity index is 1.72. The molecule has 6 heteroatoms. The van der Waals surface area contributed by atoms with E-state index in [4.69, 9.17) is 4.74 Å². The van der Waals surface area contributed by atoms with Crippen LogP contribution in [0.2, 0.25) is 0 Å². The summed E-state index contributed by atoms with van der Waals surface area (Å²) in [6.45, 7) is 6.67. The predicted octanol–water partition coefficient (Wildman–Crippen LogP) is 4.16. The Morgan fingerprint density at radius 2 is 2.07 bits per heavy atom. The minimum Gasteiger partial charge on any atom is -0.462 e. The highest BCUT2D eigenvalue weighted by Gasteiger charge is 2.35. The van der Waals surface area contributed by atoms with Gasteiger partial charge in [-0.05, 0) is 42.2 Å². The van der Waals surface area contributed by atoms with Gasteiger partial charge >= 0.3 is 5.97 Å². The number of aromatic amines is 1. The normalized spacial score (nSPS) is 18.5. The molecule has 1 aliphatic carbocycles. The summed E-state index contributed by atoms with van der Waals surface area (Å²) in [6.07, 6.45) is 5.09. The number of aromatic nitrogens is 3. The van der Waals surface area contributed by atoms with Crippen molar-refractivity contribution in [3.8, 4) is 11.3 Å². The molecule has 1 saturated carbocycles. The summed E-state index contributed by atoms with van der Waals surface area (Å²) in [6, 6.07) is 9.87. The van der Waals surface area contributed by atoms with E-state index in [1.54, 1.807) is 6.92 Å². The standard InChI is InChI=1S/C22H25N3O3/c1-4-28-21(27)16-13-23-25-19(26)12-18(24-20(16)25)15-9-7-14(8-10-15)17-6-5-11-22(17,2)3/h7-10,12-13,17,24H,4-6,11H2,1-3H3/t17-/m0/s1. The topological polar surface area (TPSA) is 76.5 Å². The number of H-pyrrole nitrogens is 1. The van der Waals surface area contributed by atoms with Crippen molar-refractivity contribution in [2.75, 3.05) is 6.61 Å². The first-order chi connectivity index (χ1) is 13.4. The number of rotatable bonds is 4. The van der Waals surface area contributed by atoms with Gasteiger partial charge < -0.3 is 9.72 Å². The zero-order chi connectivity index (χ0) is 19.9. The Hall–Kier alpha value is -2.89. The summed E-state index contributed by atoms with van der Waals surface area (Å²) >= 11 is 0. The maximum absolute atomic E-state index is 12.5. The van der Waals surface area contributed by atoms with Crippen LogP contribution in [0.15, 0.2) is 41.3 Å². The van der Waals surface area contributed by atoms with Crippen LogP contribution in [0.5, 0.6) is 0 Å². The molecule has 2 aromatic heterocycles. The Labute approximate surface area is 163 Å². The van der Waals surface area contributed by atoms with Gasteiger partial charge in [0, 0.05) is 6.07 Å². The molecule has 1 fully saturated rings. The van der Waals surface area contributed by atoms with Crippen LogP contribution in [0.3, 0.4) is 0 Å². The smallest absolute Gasteiger partial charge is 0.343 e. The zero-order valence-electron chi connectivity index (χ0n) is 16.5. The molecule has 0 amide bonds. The number of fused-ring (bicyclic) bond motifs is 1. The highest BCUT2D eigenvalue weighted by molar-refractivity contribution is 5.95. The highest BCUT2D eigenvalue weighted by atomic mass is 16.5. The number of ether oxygens (including phenoxy) is 1. The minimum atomic E-state index is -0.496. The van der Waals surface area contributed by atoms with E-state index in [-0.39, 0.29) is 17.7 Å². The molecule has 1 aliphatic rings. The molecule has 1 atom stereocenters. The molecule has 0 bridgehead atoms. The van der Waals surface area contributed by atoms with E-state index in [1.807, 2.05) is 12.1 Å². The monoisotopic (exact) mass is 379 g/mol. The van der Waals surface area contributed by atoms with Gasteiger partial charge in [-0.3, -0.25) is 4.79 Å². The van der Waals surface area contributed by atoms with E-state index in [9.17, 15) is 9.59 Å². The van der Waals surface area contributed by atoms with E-state index in [0.717, 1.165) is 5.56 Å². The van der Waals surface area contributed by atoms with Crippen LogP contribution in [0.1, 0.15) is 61.9 Å². The molecule has 0 radical (unpaired) electrons. The number of hydrogen-bond donors (Lipinski definition) is 1. The van der Waals surface area contributed by atoms with Crippen LogP contribution in [-0.4, -0.2) is 27.2 Å². The molecular formula is C22H25N3O3. The van der Waals surface area contributed by atoms with Crippen LogP contribution in [0, 0.1) is 5.41 Å². The third-order valence-electron chi connectivity index (χ3n) is 5.88. The number of carbonyl (C=O) groups excluding carboxylic acids is 1. The summed E-state index contributed by atoms with van der Waals surface area (Å²) in [5.41, 5.74) is 3.52. The van der Waals surface area contributed by atoms with Crippen molar-refractivity contribution in [3.05, 3.63) is 58.0 Å². The van der Waals surface area contributed by atoms with Gasteiger partial charge in [-0.25, -0.2) is 4.79 Å². The van der Waals surface area contributed by atoms with Gasteiger partial charge in [0.2, 0.25) is 0 Å². The lowest BCUT2D eigenvalue weighted by molar-refractivity contribution is 0.0528. The van der Waals surface area contributed by atoms with Crippen LogP contribution in [-0.2, 0) is 4.74 Å². The molecule has 1 aromatic carbocycles. The average Bonchev–Trinajstić information content (AvgIpc) is 3.25. The Kier molecular flexibility index (Phi) is 4.57. The lowest BCUT2D eigenvalue weighted by Gasteiger charge is -2.27. The number of hydrogen-bond acceptors (Lipinski definition) is 4. The van der Waals surface area contributed by atoms with Gasteiger partial charge in [0.1, 0.15) is 5.56 Å². The second-order valence-electron chi connectivity index (χ2n) is 8.12. The first-order valence-electron chi connectivity index (χ1n) is 9.79. The van der Waals surface area contributed by atoms with Crippen LogP contribution in [0.25, 0.3) is 16.9 Å². The number of nitrogens with zero attached hydrogens (tertiary/aromatic N) is 2. The van der Waals surface area contributed by atoms with Crippen molar-refractivity contribution in [2.45, 2.75) is 46.0 Å². The fourth-order valence-electron chi connectivity index (χ4n) is 4.34. The van der Waals surface area contributed by atoms with Crippen molar-refractivity contribution in [2.24, 2.45) is 5.41 Å². The SMILES string of the molecule is CCOC(=O)c1cnn2c(=O)cc(-c3ccc([C@@H]4CCCC4(C)C)cc3)[nH]c12.